The zero-order valence-electron chi connectivity index (χ0n) is 12.7. The van der Waals surface area contributed by atoms with Crippen molar-refractivity contribution in [2.45, 2.75) is 0 Å². The van der Waals surface area contributed by atoms with Gasteiger partial charge >= 0.3 is 5.97 Å². The third-order valence-electron chi connectivity index (χ3n) is 3.48. The van der Waals surface area contributed by atoms with Gasteiger partial charge in [0, 0.05) is 14.5 Å². The van der Waals surface area contributed by atoms with Crippen LogP contribution in [0.1, 0.15) is 10.4 Å². The number of halogens is 2. The van der Waals surface area contributed by atoms with Crippen molar-refractivity contribution in [3.63, 3.8) is 0 Å². The van der Waals surface area contributed by atoms with Gasteiger partial charge in [0.05, 0.1) is 11.4 Å². The number of hydrogen-bond donors (Lipinski definition) is 1. The van der Waals surface area contributed by atoms with E-state index in [2.05, 4.69) is 36.9 Å². The Morgan fingerprint density at radius 1 is 1.00 bits per heavy atom. The lowest BCUT2D eigenvalue weighted by atomic mass is 10.0. The summed E-state index contributed by atoms with van der Waals surface area (Å²) in [6, 6.07) is 13.5. The monoisotopic (exact) mass is 463 g/mol. The number of ether oxygens (including phenoxy) is 1. The third kappa shape index (κ3) is 3.88. The number of esters is 1. The van der Waals surface area contributed by atoms with E-state index in [1.165, 1.54) is 0 Å². The molecule has 1 saturated heterocycles. The van der Waals surface area contributed by atoms with E-state index in [1.807, 2.05) is 0 Å². The number of carbonyl (C=O) groups excluding carboxylic acids is 2. The van der Waals surface area contributed by atoms with Crippen LogP contribution in [0.3, 0.4) is 0 Å². The van der Waals surface area contributed by atoms with Crippen molar-refractivity contribution >= 4 is 55.0 Å². The van der Waals surface area contributed by atoms with E-state index in [1.54, 1.807) is 48.5 Å². The largest absolute Gasteiger partial charge is 0.503 e. The van der Waals surface area contributed by atoms with Crippen LogP contribution in [0.25, 0.3) is 0 Å². The smallest absolute Gasteiger partial charge is 0.344 e. The molecule has 1 aliphatic rings. The summed E-state index contributed by atoms with van der Waals surface area (Å²) in [4.78, 5) is 28.7. The van der Waals surface area contributed by atoms with E-state index in [-0.39, 0.29) is 23.5 Å². The number of aliphatic hydroxyl groups excluding tert-OH is 1. The van der Waals surface area contributed by atoms with Crippen LogP contribution in [0.4, 0.5) is 5.69 Å². The van der Waals surface area contributed by atoms with Crippen molar-refractivity contribution in [3.05, 3.63) is 74.4 Å². The maximum absolute atomic E-state index is 12.4. The Kier molecular flexibility index (Phi) is 5.15. The molecule has 2 aromatic carbocycles. The van der Waals surface area contributed by atoms with Crippen LogP contribution in [0.15, 0.2) is 73.8 Å². The van der Waals surface area contributed by atoms with Crippen LogP contribution >= 0.6 is 31.9 Å². The van der Waals surface area contributed by atoms with Crippen molar-refractivity contribution in [2.75, 3.05) is 6.61 Å². The van der Waals surface area contributed by atoms with Gasteiger partial charge in [-0.05, 0) is 48.5 Å². The van der Waals surface area contributed by atoms with Gasteiger partial charge in [0.1, 0.15) is 12.2 Å². The van der Waals surface area contributed by atoms with Gasteiger partial charge < -0.3 is 9.84 Å². The molecule has 25 heavy (non-hydrogen) atoms. The molecular weight excluding hydrogens is 454 g/mol. The molecule has 1 fully saturated rings. The first-order chi connectivity index (χ1) is 12.0. The van der Waals surface area contributed by atoms with Crippen molar-refractivity contribution in [3.8, 4) is 0 Å². The Balaban J connectivity index is 2.00. The molecule has 0 aliphatic carbocycles. The summed E-state index contributed by atoms with van der Waals surface area (Å²) in [5.74, 6) is -2.09. The number of Topliss-reactive ketones (excluding diaryl/α,β-unsaturated/α-hetero) is 1. The third-order valence-corrected chi connectivity index (χ3v) is 4.54. The zero-order valence-corrected chi connectivity index (χ0v) is 15.9. The van der Waals surface area contributed by atoms with Crippen LogP contribution in [0.5, 0.6) is 0 Å². The van der Waals surface area contributed by atoms with Crippen LogP contribution in [0.2, 0.25) is 0 Å². The minimum atomic E-state index is -0.765. The summed E-state index contributed by atoms with van der Waals surface area (Å²) in [6.07, 6.45) is 0. The van der Waals surface area contributed by atoms with Gasteiger partial charge in [-0.1, -0.05) is 31.9 Å². The Morgan fingerprint density at radius 3 is 2.16 bits per heavy atom. The van der Waals surface area contributed by atoms with Gasteiger partial charge in [-0.2, -0.15) is 0 Å². The lowest BCUT2D eigenvalue weighted by Crippen LogP contribution is -2.13. The highest BCUT2D eigenvalue weighted by Crippen LogP contribution is 2.23. The van der Waals surface area contributed by atoms with Crippen LogP contribution in [0, 0.1) is 0 Å². The molecule has 0 unspecified atom stereocenters. The number of rotatable bonds is 3. The lowest BCUT2D eigenvalue weighted by molar-refractivity contribution is -0.135. The molecule has 2 aromatic rings. The van der Waals surface area contributed by atoms with Crippen molar-refractivity contribution < 1.29 is 19.4 Å². The zero-order chi connectivity index (χ0) is 18.0. The minimum absolute atomic E-state index is 0.0953. The van der Waals surface area contributed by atoms with Crippen LogP contribution in [-0.4, -0.2) is 29.2 Å². The quantitative estimate of drug-likeness (QED) is 0.313. The molecule has 7 heteroatoms. The minimum Gasteiger partial charge on any atom is -0.503 e. The van der Waals surface area contributed by atoms with Crippen molar-refractivity contribution in [2.24, 2.45) is 4.99 Å². The second kappa shape index (κ2) is 7.33. The molecule has 1 N–H and O–H groups in total. The number of ketones is 1. The molecule has 3 rings (SSSR count). The van der Waals surface area contributed by atoms with Gasteiger partial charge in [0.15, 0.2) is 5.76 Å². The topological polar surface area (TPSA) is 76.0 Å². The summed E-state index contributed by atoms with van der Waals surface area (Å²) < 4.78 is 6.63. The standard InChI is InChI=1S/C18H11Br2NO4/c19-11-3-1-10(2-4-11)16(22)17(23)15-14(9-25-18(15)24)21-13-7-5-12(20)6-8-13/h1-8,23H,9H2/b17-15+,21-14?. The summed E-state index contributed by atoms with van der Waals surface area (Å²) in [5.41, 5.74) is 0.861. The van der Waals surface area contributed by atoms with Crippen LogP contribution < -0.4 is 0 Å². The van der Waals surface area contributed by atoms with E-state index in [4.69, 9.17) is 4.74 Å². The average molecular weight is 465 g/mol. The van der Waals surface area contributed by atoms with Crippen molar-refractivity contribution in [1.82, 2.24) is 0 Å². The highest BCUT2D eigenvalue weighted by molar-refractivity contribution is 9.10. The summed E-state index contributed by atoms with van der Waals surface area (Å²) in [6.45, 7) is -0.0953. The Bertz CT molecular complexity index is 900. The number of aliphatic imine (C=N–C) groups is 1. The lowest BCUT2D eigenvalue weighted by Gasteiger charge is -2.03. The molecule has 1 heterocycles. The molecule has 0 aromatic heterocycles. The van der Waals surface area contributed by atoms with Crippen molar-refractivity contribution in [1.29, 1.82) is 0 Å². The number of cyclic esters (lactones) is 1. The molecule has 0 radical (unpaired) electrons. The molecule has 1 aliphatic heterocycles. The molecule has 0 spiro atoms. The molecular formula is C18H11Br2NO4. The predicted octanol–water partition coefficient (Wildman–Crippen LogP) is 4.54. The fourth-order valence-electron chi connectivity index (χ4n) is 2.24. The fourth-order valence-corrected chi connectivity index (χ4v) is 2.77. The highest BCUT2D eigenvalue weighted by Gasteiger charge is 2.33. The summed E-state index contributed by atoms with van der Waals surface area (Å²) >= 11 is 6.60. The van der Waals surface area contributed by atoms with E-state index in [0.29, 0.717) is 5.69 Å². The van der Waals surface area contributed by atoms with Gasteiger partial charge in [-0.25, -0.2) is 9.79 Å². The van der Waals surface area contributed by atoms with Gasteiger partial charge in [-0.15, -0.1) is 0 Å². The molecule has 0 saturated carbocycles. The fraction of sp³-hybridized carbons (Fsp3) is 0.0556. The first-order valence-corrected chi connectivity index (χ1v) is 8.78. The number of benzene rings is 2. The van der Waals surface area contributed by atoms with Gasteiger partial charge in [0.25, 0.3) is 0 Å². The first-order valence-electron chi connectivity index (χ1n) is 7.20. The normalized spacial score (nSPS) is 17.5. The number of nitrogens with zero attached hydrogens (tertiary/aromatic N) is 1. The Hall–Kier alpha value is -2.25. The molecule has 0 amide bonds. The number of aliphatic hydroxyl groups is 1. The molecule has 0 atom stereocenters. The predicted molar refractivity (Wildman–Crippen MR) is 100 cm³/mol. The average Bonchev–Trinajstić information content (AvgIpc) is 2.96. The summed E-state index contributed by atoms with van der Waals surface area (Å²) in [5, 5.41) is 10.3. The SMILES string of the molecule is O=C1OCC(=Nc2ccc(Br)cc2)/C1=C(\O)C(=O)c1ccc(Br)cc1. The van der Waals surface area contributed by atoms with Gasteiger partial charge in [0.2, 0.25) is 5.78 Å². The maximum atomic E-state index is 12.4. The van der Waals surface area contributed by atoms with E-state index >= 15 is 0 Å². The van der Waals surface area contributed by atoms with E-state index in [0.717, 1.165) is 8.95 Å². The number of carbonyl (C=O) groups is 2. The van der Waals surface area contributed by atoms with E-state index in [9.17, 15) is 14.7 Å². The number of hydrogen-bond acceptors (Lipinski definition) is 5. The Morgan fingerprint density at radius 2 is 1.56 bits per heavy atom. The van der Waals surface area contributed by atoms with Crippen LogP contribution in [-0.2, 0) is 9.53 Å². The van der Waals surface area contributed by atoms with Gasteiger partial charge in [-0.3, -0.25) is 4.79 Å². The first kappa shape index (κ1) is 17.6. The highest BCUT2D eigenvalue weighted by atomic mass is 79.9. The Labute approximate surface area is 160 Å². The molecule has 5 nitrogen and oxygen atoms in total. The molecule has 0 bridgehead atoms. The van der Waals surface area contributed by atoms with E-state index < -0.39 is 17.5 Å². The second-order valence-corrected chi connectivity index (χ2v) is 7.00. The maximum Gasteiger partial charge on any atom is 0.344 e. The number of allylic oxidation sites excluding steroid dienone is 1. The summed E-state index contributed by atoms with van der Waals surface area (Å²) in [7, 11) is 0. The molecule has 126 valence electrons. The second-order valence-electron chi connectivity index (χ2n) is 5.17.